The molecule has 1 aromatic rings. The fraction of sp³-hybridized carbons (Fsp3) is 0.375. The van der Waals surface area contributed by atoms with Crippen LogP contribution in [0.15, 0.2) is 29.4 Å². The SMILES string of the molecule is COCCCNC(=O)C(=O)N/N=C\c1ccc(OCC(=O)OC)cc1. The predicted octanol–water partition coefficient (Wildman–Crippen LogP) is -0.159. The molecule has 0 aliphatic rings. The van der Waals surface area contributed by atoms with Crippen molar-refractivity contribution in [2.75, 3.05) is 34.0 Å². The highest BCUT2D eigenvalue weighted by atomic mass is 16.6. The van der Waals surface area contributed by atoms with E-state index in [2.05, 4.69) is 20.6 Å². The van der Waals surface area contributed by atoms with Gasteiger partial charge in [0.25, 0.3) is 0 Å². The molecule has 9 heteroatoms. The summed E-state index contributed by atoms with van der Waals surface area (Å²) in [6, 6.07) is 6.61. The highest BCUT2D eigenvalue weighted by Crippen LogP contribution is 2.10. The van der Waals surface area contributed by atoms with Crippen LogP contribution in [0.5, 0.6) is 5.75 Å². The van der Waals surface area contributed by atoms with E-state index in [-0.39, 0.29) is 6.61 Å². The number of ether oxygens (including phenoxy) is 3. The maximum atomic E-state index is 11.5. The largest absolute Gasteiger partial charge is 0.482 e. The zero-order valence-electron chi connectivity index (χ0n) is 14.1. The quantitative estimate of drug-likeness (QED) is 0.210. The molecule has 0 aliphatic heterocycles. The van der Waals surface area contributed by atoms with Gasteiger partial charge in [-0.05, 0) is 36.2 Å². The number of methoxy groups -OCH3 is 2. The third-order valence-corrected chi connectivity index (χ3v) is 2.86. The minimum atomic E-state index is -0.855. The first-order valence-corrected chi connectivity index (χ1v) is 7.46. The third-order valence-electron chi connectivity index (χ3n) is 2.86. The van der Waals surface area contributed by atoms with E-state index >= 15 is 0 Å². The number of nitrogens with one attached hydrogen (secondary N) is 2. The van der Waals surface area contributed by atoms with E-state index < -0.39 is 17.8 Å². The third kappa shape index (κ3) is 8.47. The van der Waals surface area contributed by atoms with Gasteiger partial charge in [0.05, 0.1) is 13.3 Å². The van der Waals surface area contributed by atoms with Crippen molar-refractivity contribution in [2.24, 2.45) is 5.10 Å². The zero-order valence-corrected chi connectivity index (χ0v) is 14.1. The Balaban J connectivity index is 2.36. The normalized spacial score (nSPS) is 10.3. The first-order valence-electron chi connectivity index (χ1n) is 7.46. The van der Waals surface area contributed by atoms with Gasteiger partial charge in [-0.1, -0.05) is 0 Å². The summed E-state index contributed by atoms with van der Waals surface area (Å²) < 4.78 is 14.5. The van der Waals surface area contributed by atoms with Crippen molar-refractivity contribution in [1.29, 1.82) is 0 Å². The molecular formula is C16H21N3O6. The second kappa shape index (κ2) is 11.6. The van der Waals surface area contributed by atoms with Crippen LogP contribution >= 0.6 is 0 Å². The van der Waals surface area contributed by atoms with Gasteiger partial charge in [0.15, 0.2) is 6.61 Å². The lowest BCUT2D eigenvalue weighted by molar-refractivity contribution is -0.142. The maximum absolute atomic E-state index is 11.5. The molecule has 0 unspecified atom stereocenters. The summed E-state index contributed by atoms with van der Waals surface area (Å²) in [5.74, 6) is -1.61. The molecule has 25 heavy (non-hydrogen) atoms. The summed E-state index contributed by atoms with van der Waals surface area (Å²) >= 11 is 0. The standard InChI is InChI=1S/C16H21N3O6/c1-23-9-3-8-17-15(21)16(22)19-18-10-12-4-6-13(7-5-12)25-11-14(20)24-2/h4-7,10H,3,8-9,11H2,1-2H3,(H,17,21)(H,19,22)/b18-10-. The molecule has 0 bridgehead atoms. The molecule has 1 aromatic carbocycles. The Bertz CT molecular complexity index is 600. The first kappa shape index (κ1) is 20.1. The van der Waals surface area contributed by atoms with Gasteiger partial charge in [0.2, 0.25) is 0 Å². The molecule has 0 saturated carbocycles. The van der Waals surface area contributed by atoms with Crippen LogP contribution < -0.4 is 15.5 Å². The predicted molar refractivity (Wildman–Crippen MR) is 89.2 cm³/mol. The van der Waals surface area contributed by atoms with E-state index in [9.17, 15) is 14.4 Å². The molecule has 0 radical (unpaired) electrons. The van der Waals surface area contributed by atoms with Crippen LogP contribution in [-0.4, -0.2) is 58.0 Å². The Morgan fingerprint density at radius 1 is 1.12 bits per heavy atom. The van der Waals surface area contributed by atoms with Gasteiger partial charge < -0.3 is 19.5 Å². The van der Waals surface area contributed by atoms with Crippen molar-refractivity contribution in [3.8, 4) is 5.75 Å². The van der Waals surface area contributed by atoms with Crippen molar-refractivity contribution in [3.05, 3.63) is 29.8 Å². The van der Waals surface area contributed by atoms with Gasteiger partial charge in [-0.25, -0.2) is 10.2 Å². The second-order valence-electron chi connectivity index (χ2n) is 4.74. The molecule has 0 heterocycles. The van der Waals surface area contributed by atoms with Crippen LogP contribution in [0, 0.1) is 0 Å². The molecule has 0 saturated heterocycles. The van der Waals surface area contributed by atoms with Crippen LogP contribution in [0.4, 0.5) is 0 Å². The summed E-state index contributed by atoms with van der Waals surface area (Å²) in [6.07, 6.45) is 1.99. The molecular weight excluding hydrogens is 330 g/mol. The number of benzene rings is 1. The van der Waals surface area contributed by atoms with Crippen molar-refractivity contribution in [1.82, 2.24) is 10.7 Å². The lowest BCUT2D eigenvalue weighted by Gasteiger charge is -2.04. The van der Waals surface area contributed by atoms with Crippen molar-refractivity contribution < 1.29 is 28.6 Å². The highest BCUT2D eigenvalue weighted by Gasteiger charge is 2.11. The van der Waals surface area contributed by atoms with Gasteiger partial charge in [-0.2, -0.15) is 5.10 Å². The molecule has 0 atom stereocenters. The summed E-state index contributed by atoms with van der Waals surface area (Å²) in [5, 5.41) is 6.14. The molecule has 0 aromatic heterocycles. The number of esters is 1. The van der Waals surface area contributed by atoms with Crippen LogP contribution in [0.25, 0.3) is 0 Å². The Morgan fingerprint density at radius 2 is 1.84 bits per heavy atom. The van der Waals surface area contributed by atoms with Crippen LogP contribution in [0.2, 0.25) is 0 Å². The lowest BCUT2D eigenvalue weighted by Crippen LogP contribution is -2.38. The van der Waals surface area contributed by atoms with E-state index in [0.29, 0.717) is 30.9 Å². The number of hydrogen-bond acceptors (Lipinski definition) is 7. The number of nitrogens with zero attached hydrogens (tertiary/aromatic N) is 1. The highest BCUT2D eigenvalue weighted by molar-refractivity contribution is 6.35. The molecule has 0 aliphatic carbocycles. The summed E-state index contributed by atoms with van der Waals surface area (Å²) in [6.45, 7) is 0.662. The summed E-state index contributed by atoms with van der Waals surface area (Å²) in [5.41, 5.74) is 2.80. The number of hydrogen-bond donors (Lipinski definition) is 2. The van der Waals surface area contributed by atoms with Crippen LogP contribution in [-0.2, 0) is 23.9 Å². The van der Waals surface area contributed by atoms with E-state index in [4.69, 9.17) is 9.47 Å². The van der Waals surface area contributed by atoms with E-state index in [0.717, 1.165) is 0 Å². The molecule has 1 rings (SSSR count). The summed E-state index contributed by atoms with van der Waals surface area (Å²) in [7, 11) is 2.83. The van der Waals surface area contributed by atoms with Gasteiger partial charge in [0.1, 0.15) is 5.75 Å². The molecule has 9 nitrogen and oxygen atoms in total. The number of carbonyl (C=O) groups is 3. The Kier molecular flexibility index (Phi) is 9.31. The molecule has 136 valence electrons. The minimum Gasteiger partial charge on any atom is -0.482 e. The molecule has 2 amide bonds. The van der Waals surface area contributed by atoms with Crippen LogP contribution in [0.3, 0.4) is 0 Å². The van der Waals surface area contributed by atoms with Gasteiger partial charge in [-0.15, -0.1) is 0 Å². The monoisotopic (exact) mass is 351 g/mol. The van der Waals surface area contributed by atoms with Gasteiger partial charge >= 0.3 is 17.8 Å². The number of hydrazone groups is 1. The lowest BCUT2D eigenvalue weighted by atomic mass is 10.2. The zero-order chi connectivity index (χ0) is 18.5. The molecule has 0 fully saturated rings. The number of amides is 2. The molecule has 2 N–H and O–H groups in total. The van der Waals surface area contributed by atoms with E-state index in [1.807, 2.05) is 0 Å². The second-order valence-corrected chi connectivity index (χ2v) is 4.74. The van der Waals surface area contributed by atoms with Gasteiger partial charge in [0, 0.05) is 20.3 Å². The van der Waals surface area contributed by atoms with Crippen molar-refractivity contribution in [3.63, 3.8) is 0 Å². The van der Waals surface area contributed by atoms with Crippen LogP contribution in [0.1, 0.15) is 12.0 Å². The average molecular weight is 351 g/mol. The summed E-state index contributed by atoms with van der Waals surface area (Å²) in [4.78, 5) is 33.9. The van der Waals surface area contributed by atoms with E-state index in [1.54, 1.807) is 31.4 Å². The number of carbonyl (C=O) groups excluding carboxylic acids is 3. The smallest absolute Gasteiger partial charge is 0.343 e. The van der Waals surface area contributed by atoms with E-state index in [1.165, 1.54) is 13.3 Å². The van der Waals surface area contributed by atoms with Crippen molar-refractivity contribution in [2.45, 2.75) is 6.42 Å². The Hall–Kier alpha value is -2.94. The Labute approximate surface area is 145 Å². The van der Waals surface area contributed by atoms with Crippen molar-refractivity contribution >= 4 is 24.0 Å². The molecule has 0 spiro atoms. The maximum Gasteiger partial charge on any atom is 0.343 e. The average Bonchev–Trinajstić information content (AvgIpc) is 2.63. The topological polar surface area (TPSA) is 115 Å². The number of rotatable bonds is 9. The first-order chi connectivity index (χ1) is 12.1. The Morgan fingerprint density at radius 3 is 2.48 bits per heavy atom. The fourth-order valence-corrected chi connectivity index (χ4v) is 1.57. The van der Waals surface area contributed by atoms with Gasteiger partial charge in [-0.3, -0.25) is 9.59 Å². The fourth-order valence-electron chi connectivity index (χ4n) is 1.57. The minimum absolute atomic E-state index is 0.181.